The average molecular weight is 381 g/mol. The molecular weight excluding hydrogens is 362 g/mol. The van der Waals surface area contributed by atoms with Crippen molar-refractivity contribution in [2.24, 2.45) is 4.99 Å². The van der Waals surface area contributed by atoms with Gasteiger partial charge in [0.05, 0.1) is 24.3 Å². The highest BCUT2D eigenvalue weighted by atomic mass is 32.2. The molecule has 0 unspecified atom stereocenters. The van der Waals surface area contributed by atoms with E-state index in [0.717, 1.165) is 11.3 Å². The SMILES string of the molecule is CCOc1ccc(N=C2S/C(=C/c3ccccc3)C(O)=C2C(=O)OC)cc1. The van der Waals surface area contributed by atoms with E-state index in [1.54, 1.807) is 12.1 Å². The van der Waals surface area contributed by atoms with Crippen LogP contribution in [0.2, 0.25) is 0 Å². The monoisotopic (exact) mass is 381 g/mol. The van der Waals surface area contributed by atoms with Gasteiger partial charge in [0, 0.05) is 0 Å². The van der Waals surface area contributed by atoms with E-state index in [4.69, 9.17) is 9.47 Å². The van der Waals surface area contributed by atoms with E-state index in [1.165, 1.54) is 18.9 Å². The Morgan fingerprint density at radius 3 is 2.48 bits per heavy atom. The first-order valence-electron chi connectivity index (χ1n) is 8.40. The molecule has 1 N–H and O–H groups in total. The van der Waals surface area contributed by atoms with E-state index in [-0.39, 0.29) is 11.3 Å². The van der Waals surface area contributed by atoms with Crippen LogP contribution in [0, 0.1) is 0 Å². The maximum atomic E-state index is 12.2. The summed E-state index contributed by atoms with van der Waals surface area (Å²) in [6, 6.07) is 16.8. The van der Waals surface area contributed by atoms with Crippen LogP contribution in [0.25, 0.3) is 6.08 Å². The predicted octanol–water partition coefficient (Wildman–Crippen LogP) is 4.89. The van der Waals surface area contributed by atoms with Gasteiger partial charge in [-0.05, 0) is 42.8 Å². The Morgan fingerprint density at radius 1 is 1.15 bits per heavy atom. The van der Waals surface area contributed by atoms with E-state index in [0.29, 0.717) is 22.2 Å². The molecule has 0 aromatic heterocycles. The maximum absolute atomic E-state index is 12.2. The van der Waals surface area contributed by atoms with Crippen molar-refractivity contribution >= 4 is 34.5 Å². The molecule has 0 amide bonds. The first-order chi connectivity index (χ1) is 13.1. The summed E-state index contributed by atoms with van der Waals surface area (Å²) in [5.41, 5.74) is 1.63. The van der Waals surface area contributed by atoms with Crippen LogP contribution in [0.4, 0.5) is 5.69 Å². The van der Waals surface area contributed by atoms with Crippen molar-refractivity contribution in [3.05, 3.63) is 76.4 Å². The highest BCUT2D eigenvalue weighted by Gasteiger charge is 2.32. The van der Waals surface area contributed by atoms with Crippen LogP contribution in [-0.2, 0) is 9.53 Å². The Labute approximate surface area is 162 Å². The van der Waals surface area contributed by atoms with Crippen molar-refractivity contribution in [2.45, 2.75) is 6.92 Å². The standard InChI is InChI=1S/C21H19NO4S/c1-3-26-16-11-9-15(10-12-16)22-20-18(21(24)25-2)19(23)17(27-20)13-14-7-5-4-6-8-14/h4-13,23H,3H2,1-2H3/b17-13+,22-20?. The third-order valence-corrected chi connectivity index (χ3v) is 4.78. The van der Waals surface area contributed by atoms with Crippen LogP contribution in [0.5, 0.6) is 5.75 Å². The summed E-state index contributed by atoms with van der Waals surface area (Å²) in [6.45, 7) is 2.50. The van der Waals surface area contributed by atoms with Crippen LogP contribution >= 0.6 is 11.8 Å². The molecule has 0 fully saturated rings. The summed E-state index contributed by atoms with van der Waals surface area (Å²) in [5.74, 6) is -0.00157. The van der Waals surface area contributed by atoms with E-state index >= 15 is 0 Å². The number of hydrogen-bond donors (Lipinski definition) is 1. The average Bonchev–Trinajstić information content (AvgIpc) is 2.99. The number of nitrogens with zero attached hydrogens (tertiary/aromatic N) is 1. The largest absolute Gasteiger partial charge is 0.506 e. The lowest BCUT2D eigenvalue weighted by atomic mass is 10.1. The van der Waals surface area contributed by atoms with Crippen molar-refractivity contribution in [3.63, 3.8) is 0 Å². The highest BCUT2D eigenvalue weighted by Crippen LogP contribution is 2.40. The molecule has 0 atom stereocenters. The lowest BCUT2D eigenvalue weighted by molar-refractivity contribution is -0.135. The second kappa shape index (κ2) is 8.60. The smallest absolute Gasteiger partial charge is 0.344 e. The summed E-state index contributed by atoms with van der Waals surface area (Å²) in [6.07, 6.45) is 1.81. The third-order valence-electron chi connectivity index (χ3n) is 3.76. The van der Waals surface area contributed by atoms with Gasteiger partial charge in [0.1, 0.15) is 22.1 Å². The van der Waals surface area contributed by atoms with Gasteiger partial charge in [0.2, 0.25) is 0 Å². The molecule has 1 aliphatic rings. The molecule has 0 radical (unpaired) electrons. The molecular formula is C21H19NO4S. The third kappa shape index (κ3) is 4.41. The summed E-state index contributed by atoms with van der Waals surface area (Å²) >= 11 is 1.23. The molecule has 0 aliphatic carbocycles. The molecule has 2 aromatic rings. The number of carbonyl (C=O) groups excluding carboxylic acids is 1. The van der Waals surface area contributed by atoms with Gasteiger partial charge in [0.15, 0.2) is 0 Å². The quantitative estimate of drug-likeness (QED) is 0.747. The molecule has 2 aromatic carbocycles. The fourth-order valence-corrected chi connectivity index (χ4v) is 3.53. The van der Waals surface area contributed by atoms with Gasteiger partial charge >= 0.3 is 5.97 Å². The van der Waals surface area contributed by atoms with Gasteiger partial charge in [0.25, 0.3) is 0 Å². The number of rotatable bonds is 5. The number of ether oxygens (including phenoxy) is 2. The van der Waals surface area contributed by atoms with Gasteiger partial charge in [-0.15, -0.1) is 0 Å². The molecule has 0 spiro atoms. The summed E-state index contributed by atoms with van der Waals surface area (Å²) in [7, 11) is 1.28. The number of methoxy groups -OCH3 is 1. The van der Waals surface area contributed by atoms with Crippen molar-refractivity contribution in [1.29, 1.82) is 0 Å². The topological polar surface area (TPSA) is 68.1 Å². The van der Waals surface area contributed by atoms with Gasteiger partial charge < -0.3 is 14.6 Å². The molecule has 138 valence electrons. The Kier molecular flexibility index (Phi) is 5.98. The van der Waals surface area contributed by atoms with Crippen LogP contribution < -0.4 is 4.74 Å². The second-order valence-electron chi connectivity index (χ2n) is 5.58. The highest BCUT2D eigenvalue weighted by molar-refractivity contribution is 8.18. The zero-order valence-corrected chi connectivity index (χ0v) is 15.8. The Balaban J connectivity index is 1.97. The number of hydrogen-bond acceptors (Lipinski definition) is 6. The number of esters is 1. The molecule has 0 saturated heterocycles. The number of aliphatic imine (C=N–C) groups is 1. The lowest BCUT2D eigenvalue weighted by Crippen LogP contribution is -2.10. The lowest BCUT2D eigenvalue weighted by Gasteiger charge is -2.04. The Bertz CT molecular complexity index is 915. The number of thioether (sulfide) groups is 1. The van der Waals surface area contributed by atoms with Gasteiger partial charge in [-0.3, -0.25) is 0 Å². The molecule has 0 bridgehead atoms. The number of carbonyl (C=O) groups is 1. The molecule has 27 heavy (non-hydrogen) atoms. The predicted molar refractivity (Wildman–Crippen MR) is 108 cm³/mol. The Morgan fingerprint density at radius 2 is 1.85 bits per heavy atom. The van der Waals surface area contributed by atoms with Gasteiger partial charge in [-0.2, -0.15) is 0 Å². The van der Waals surface area contributed by atoms with Gasteiger partial charge in [-0.1, -0.05) is 42.1 Å². The number of benzene rings is 2. The van der Waals surface area contributed by atoms with Crippen molar-refractivity contribution in [1.82, 2.24) is 0 Å². The molecule has 0 saturated carbocycles. The van der Waals surface area contributed by atoms with E-state index in [9.17, 15) is 9.90 Å². The normalized spacial score (nSPS) is 16.8. The zero-order valence-electron chi connectivity index (χ0n) is 15.0. The maximum Gasteiger partial charge on any atom is 0.344 e. The molecule has 3 rings (SSSR count). The fraction of sp³-hybridized carbons (Fsp3) is 0.143. The van der Waals surface area contributed by atoms with Crippen LogP contribution in [0.3, 0.4) is 0 Å². The fourth-order valence-electron chi connectivity index (χ4n) is 2.49. The van der Waals surface area contributed by atoms with Crippen LogP contribution in [0.1, 0.15) is 12.5 Å². The van der Waals surface area contributed by atoms with Crippen molar-refractivity contribution < 1.29 is 19.4 Å². The first-order valence-corrected chi connectivity index (χ1v) is 9.22. The van der Waals surface area contributed by atoms with Crippen molar-refractivity contribution in [2.75, 3.05) is 13.7 Å². The van der Waals surface area contributed by atoms with E-state index < -0.39 is 5.97 Å². The molecule has 5 nitrogen and oxygen atoms in total. The minimum Gasteiger partial charge on any atom is -0.506 e. The number of aliphatic hydroxyl groups is 1. The van der Waals surface area contributed by atoms with Crippen LogP contribution in [0.15, 0.2) is 75.8 Å². The Hall–Kier alpha value is -2.99. The number of aliphatic hydroxyl groups excluding tert-OH is 1. The zero-order chi connectivity index (χ0) is 19.2. The first kappa shape index (κ1) is 18.8. The van der Waals surface area contributed by atoms with Crippen molar-refractivity contribution in [3.8, 4) is 5.75 Å². The molecule has 1 aliphatic heterocycles. The van der Waals surface area contributed by atoms with E-state index in [2.05, 4.69) is 4.99 Å². The van der Waals surface area contributed by atoms with Crippen LogP contribution in [-0.4, -0.2) is 29.8 Å². The van der Waals surface area contributed by atoms with Gasteiger partial charge in [-0.25, -0.2) is 9.79 Å². The minimum absolute atomic E-state index is 0.0681. The molecule has 1 heterocycles. The summed E-state index contributed by atoms with van der Waals surface area (Å²) < 4.78 is 10.2. The van der Waals surface area contributed by atoms with E-state index in [1.807, 2.05) is 55.5 Å². The minimum atomic E-state index is -0.624. The summed E-state index contributed by atoms with van der Waals surface area (Å²) in [4.78, 5) is 17.2. The second-order valence-corrected chi connectivity index (χ2v) is 6.61. The molecule has 6 heteroatoms. The summed E-state index contributed by atoms with van der Waals surface area (Å²) in [5, 5.41) is 11.0.